The molecule has 0 aromatic heterocycles. The van der Waals surface area contributed by atoms with Crippen LogP contribution in [0.1, 0.15) is 79.8 Å². The minimum absolute atomic E-state index is 0.252. The molecule has 1 rings (SSSR count). The molecule has 1 aromatic rings. The fourth-order valence-corrected chi connectivity index (χ4v) is 2.58. The van der Waals surface area contributed by atoms with Gasteiger partial charge in [0.2, 0.25) is 0 Å². The Kier molecular flexibility index (Phi) is 11.1. The molecule has 0 aliphatic heterocycles. The smallest absolute Gasteiger partial charge is 0.432 e. The average molecular weight is 366 g/mol. The quantitative estimate of drug-likeness (QED) is 0.207. The summed E-state index contributed by atoms with van der Waals surface area (Å²) >= 11 is 0. The van der Waals surface area contributed by atoms with Gasteiger partial charge in [-0.2, -0.15) is 0 Å². The fourth-order valence-electron chi connectivity index (χ4n) is 2.58. The van der Waals surface area contributed by atoms with Gasteiger partial charge in [-0.25, -0.2) is 14.5 Å². The van der Waals surface area contributed by atoms with Crippen molar-refractivity contribution in [1.29, 1.82) is 0 Å². The van der Waals surface area contributed by atoms with Crippen LogP contribution < -0.4 is 0 Å². The second kappa shape index (κ2) is 13.2. The molecule has 0 saturated heterocycles. The van der Waals surface area contributed by atoms with E-state index in [-0.39, 0.29) is 6.61 Å². The Morgan fingerprint density at radius 1 is 0.885 bits per heavy atom. The standard InChI is InChI=1S/C20H30O6/c1-4-5-6-7-8-9-10-11-14-23-20(22)25-26-24-19(21)18-13-12-16(2)15-17(18)3/h12-13,15H,4-11,14H2,1-3H3. The van der Waals surface area contributed by atoms with Crippen LogP contribution in [0.5, 0.6) is 0 Å². The lowest BCUT2D eigenvalue weighted by atomic mass is 10.1. The van der Waals surface area contributed by atoms with Gasteiger partial charge in [0.1, 0.15) is 0 Å². The number of ether oxygens (including phenoxy) is 1. The molecule has 0 heterocycles. The van der Waals surface area contributed by atoms with Crippen molar-refractivity contribution >= 4 is 12.1 Å². The molecular weight excluding hydrogens is 336 g/mol. The first-order chi connectivity index (χ1) is 12.5. The second-order valence-corrected chi connectivity index (χ2v) is 6.41. The van der Waals surface area contributed by atoms with E-state index in [0.29, 0.717) is 5.56 Å². The van der Waals surface area contributed by atoms with Gasteiger partial charge >= 0.3 is 12.1 Å². The first-order valence-corrected chi connectivity index (χ1v) is 9.34. The van der Waals surface area contributed by atoms with Gasteiger partial charge in [0.05, 0.1) is 17.2 Å². The van der Waals surface area contributed by atoms with Crippen molar-refractivity contribution < 1.29 is 29.1 Å². The maximum Gasteiger partial charge on any atom is 0.543 e. The summed E-state index contributed by atoms with van der Waals surface area (Å²) in [7, 11) is 0. The Hall–Kier alpha value is -2.08. The largest absolute Gasteiger partial charge is 0.543 e. The van der Waals surface area contributed by atoms with Gasteiger partial charge in [-0.05, 0) is 31.9 Å². The van der Waals surface area contributed by atoms with E-state index in [9.17, 15) is 9.59 Å². The lowest BCUT2D eigenvalue weighted by Gasteiger charge is -2.06. The van der Waals surface area contributed by atoms with Gasteiger partial charge in [0, 0.05) is 0 Å². The van der Waals surface area contributed by atoms with Crippen molar-refractivity contribution in [2.45, 2.75) is 72.1 Å². The number of aryl methyl sites for hydroxylation is 2. The van der Waals surface area contributed by atoms with Crippen molar-refractivity contribution in [3.63, 3.8) is 0 Å². The van der Waals surface area contributed by atoms with Crippen molar-refractivity contribution in [3.05, 3.63) is 34.9 Å². The lowest BCUT2D eigenvalue weighted by molar-refractivity contribution is -0.452. The molecule has 0 bridgehead atoms. The molecule has 0 aliphatic rings. The number of carbonyl (C=O) groups is 2. The number of carbonyl (C=O) groups excluding carboxylic acids is 2. The van der Waals surface area contributed by atoms with Crippen LogP contribution in [0.3, 0.4) is 0 Å². The molecule has 1 aromatic carbocycles. The third kappa shape index (κ3) is 9.42. The number of unbranched alkanes of at least 4 members (excludes halogenated alkanes) is 7. The first-order valence-electron chi connectivity index (χ1n) is 9.34. The molecular formula is C20H30O6. The summed E-state index contributed by atoms with van der Waals surface area (Å²) in [5.41, 5.74) is 2.11. The maximum atomic E-state index is 11.8. The zero-order valence-electron chi connectivity index (χ0n) is 16.0. The van der Waals surface area contributed by atoms with E-state index >= 15 is 0 Å². The average Bonchev–Trinajstić information content (AvgIpc) is 2.60. The minimum atomic E-state index is -1.03. The summed E-state index contributed by atoms with van der Waals surface area (Å²) in [6.45, 7) is 6.15. The predicted octanol–water partition coefficient (Wildman–Crippen LogP) is 5.60. The molecule has 6 heteroatoms. The van der Waals surface area contributed by atoms with E-state index in [1.165, 1.54) is 32.1 Å². The Morgan fingerprint density at radius 3 is 2.19 bits per heavy atom. The van der Waals surface area contributed by atoms with Crippen molar-refractivity contribution in [2.75, 3.05) is 6.61 Å². The summed E-state index contributed by atoms with van der Waals surface area (Å²) in [6.07, 6.45) is 8.18. The van der Waals surface area contributed by atoms with Gasteiger partial charge in [-0.3, -0.25) is 4.89 Å². The van der Waals surface area contributed by atoms with Gasteiger partial charge in [-0.15, -0.1) is 0 Å². The van der Waals surface area contributed by atoms with Gasteiger partial charge < -0.3 is 4.74 Å². The zero-order valence-corrected chi connectivity index (χ0v) is 16.0. The Morgan fingerprint density at radius 2 is 1.54 bits per heavy atom. The third-order valence-electron chi connectivity index (χ3n) is 4.03. The Labute approximate surface area is 155 Å². The van der Waals surface area contributed by atoms with Crippen molar-refractivity contribution in [2.24, 2.45) is 0 Å². The van der Waals surface area contributed by atoms with Crippen LogP contribution >= 0.6 is 0 Å². The van der Waals surface area contributed by atoms with E-state index in [1.54, 1.807) is 19.1 Å². The summed E-state index contributed by atoms with van der Waals surface area (Å²) in [6, 6.07) is 5.25. The minimum Gasteiger partial charge on any atom is -0.432 e. The molecule has 0 spiro atoms. The molecule has 0 atom stereocenters. The number of hydrogen-bond donors (Lipinski definition) is 0. The van der Waals surface area contributed by atoms with Crippen molar-refractivity contribution in [3.8, 4) is 0 Å². The molecule has 0 N–H and O–H groups in total. The molecule has 0 fully saturated rings. The van der Waals surface area contributed by atoms with Crippen LogP contribution in [-0.2, 0) is 19.6 Å². The molecule has 0 radical (unpaired) electrons. The summed E-state index contributed by atoms with van der Waals surface area (Å²) in [5, 5.41) is 4.21. The molecule has 0 unspecified atom stereocenters. The van der Waals surface area contributed by atoms with Gasteiger partial charge in [0.15, 0.2) is 0 Å². The van der Waals surface area contributed by atoms with Crippen LogP contribution in [0.25, 0.3) is 0 Å². The summed E-state index contributed by atoms with van der Waals surface area (Å²) < 4.78 is 4.84. The highest BCUT2D eigenvalue weighted by Gasteiger charge is 2.14. The Bertz CT molecular complexity index is 555. The SMILES string of the molecule is CCCCCCCCCCOC(=O)OOOC(=O)c1ccc(C)cc1C. The fraction of sp³-hybridized carbons (Fsp3) is 0.600. The highest BCUT2D eigenvalue weighted by Crippen LogP contribution is 2.12. The summed E-state index contributed by atoms with van der Waals surface area (Å²) in [4.78, 5) is 31.8. The van der Waals surface area contributed by atoms with E-state index in [4.69, 9.17) is 4.74 Å². The molecule has 0 amide bonds. The van der Waals surface area contributed by atoms with Crippen LogP contribution in [0.15, 0.2) is 18.2 Å². The van der Waals surface area contributed by atoms with E-state index < -0.39 is 12.1 Å². The zero-order chi connectivity index (χ0) is 19.2. The van der Waals surface area contributed by atoms with Crippen LogP contribution in [0.2, 0.25) is 0 Å². The number of hydrogen-bond acceptors (Lipinski definition) is 6. The molecule has 6 nitrogen and oxygen atoms in total. The van der Waals surface area contributed by atoms with Gasteiger partial charge in [-0.1, -0.05) is 69.6 Å². The number of benzene rings is 1. The van der Waals surface area contributed by atoms with Gasteiger partial charge in [0.25, 0.3) is 0 Å². The molecule has 26 heavy (non-hydrogen) atoms. The van der Waals surface area contributed by atoms with E-state index in [0.717, 1.165) is 30.4 Å². The van der Waals surface area contributed by atoms with Crippen LogP contribution in [0, 0.1) is 13.8 Å². The summed E-state index contributed by atoms with van der Waals surface area (Å²) in [5.74, 6) is -0.738. The molecule has 0 aliphatic carbocycles. The monoisotopic (exact) mass is 366 g/mol. The predicted molar refractivity (Wildman–Crippen MR) is 97.5 cm³/mol. The lowest BCUT2D eigenvalue weighted by Crippen LogP contribution is -2.13. The van der Waals surface area contributed by atoms with E-state index in [2.05, 4.69) is 21.7 Å². The molecule has 0 saturated carbocycles. The highest BCUT2D eigenvalue weighted by molar-refractivity contribution is 5.90. The number of rotatable bonds is 12. The third-order valence-corrected chi connectivity index (χ3v) is 4.03. The first kappa shape index (κ1) is 22.0. The highest BCUT2D eigenvalue weighted by atomic mass is 17.5. The normalized spacial score (nSPS) is 10.4. The van der Waals surface area contributed by atoms with Crippen molar-refractivity contribution in [1.82, 2.24) is 0 Å². The van der Waals surface area contributed by atoms with Crippen LogP contribution in [0.4, 0.5) is 4.79 Å². The molecule has 146 valence electrons. The van der Waals surface area contributed by atoms with E-state index in [1.807, 2.05) is 13.0 Å². The topological polar surface area (TPSA) is 71.1 Å². The van der Waals surface area contributed by atoms with Crippen LogP contribution in [-0.4, -0.2) is 18.7 Å². The maximum absolute atomic E-state index is 11.8. The second-order valence-electron chi connectivity index (χ2n) is 6.41. The Balaban J connectivity index is 2.05.